The van der Waals surface area contributed by atoms with Crippen LogP contribution in [0.4, 0.5) is 5.69 Å². The highest BCUT2D eigenvalue weighted by molar-refractivity contribution is 6.37. The lowest BCUT2D eigenvalue weighted by atomic mass is 10.3. The summed E-state index contributed by atoms with van der Waals surface area (Å²) in [5, 5.41) is 10.1. The largest absolute Gasteiger partial charge is 0.329 e. The quantitative estimate of drug-likeness (QED) is 0.578. The lowest BCUT2D eigenvalue weighted by Gasteiger charge is -2.03. The molecular formula is C8H5ClN4O4. The molecule has 1 N–H and O–H groups in total. The van der Waals surface area contributed by atoms with Gasteiger partial charge < -0.3 is 0 Å². The van der Waals surface area contributed by atoms with Gasteiger partial charge in [0.05, 0.1) is 4.92 Å². The third kappa shape index (κ3) is 1.58. The monoisotopic (exact) mass is 256 g/mol. The molecule has 0 aliphatic carbocycles. The predicted molar refractivity (Wildman–Crippen MR) is 59.3 cm³/mol. The molecule has 8 nitrogen and oxygen atoms in total. The fraction of sp³-hybridized carbons (Fsp3) is 0.125. The van der Waals surface area contributed by atoms with Crippen LogP contribution in [-0.2, 0) is 7.05 Å². The first kappa shape index (κ1) is 11.3. The summed E-state index contributed by atoms with van der Waals surface area (Å²) < 4.78 is 1.05. The number of aromatic amines is 1. The van der Waals surface area contributed by atoms with Gasteiger partial charge in [-0.05, 0) is 0 Å². The van der Waals surface area contributed by atoms with Gasteiger partial charge in [-0.2, -0.15) is 0 Å². The molecule has 0 spiro atoms. The van der Waals surface area contributed by atoms with E-state index in [9.17, 15) is 19.7 Å². The molecule has 0 saturated carbocycles. The molecule has 0 fully saturated rings. The second-order valence-electron chi connectivity index (χ2n) is 3.23. The van der Waals surface area contributed by atoms with Gasteiger partial charge in [-0.15, -0.1) is 0 Å². The number of hydrogen-bond acceptors (Lipinski definition) is 5. The molecule has 0 saturated heterocycles. The number of rotatable bonds is 1. The van der Waals surface area contributed by atoms with Gasteiger partial charge >= 0.3 is 11.4 Å². The van der Waals surface area contributed by atoms with Crippen LogP contribution >= 0.6 is 11.6 Å². The summed E-state index contributed by atoms with van der Waals surface area (Å²) in [5.74, 6) is 0. The van der Waals surface area contributed by atoms with E-state index in [2.05, 4.69) is 4.98 Å². The molecule has 0 aromatic carbocycles. The Balaban J connectivity index is 3.07. The van der Waals surface area contributed by atoms with E-state index in [1.54, 1.807) is 0 Å². The molecule has 0 atom stereocenters. The first-order chi connectivity index (χ1) is 7.93. The molecule has 0 bridgehead atoms. The number of halogens is 1. The number of aryl methyl sites for hydroxylation is 1. The van der Waals surface area contributed by atoms with E-state index in [4.69, 9.17) is 11.6 Å². The van der Waals surface area contributed by atoms with Crippen molar-refractivity contribution in [2.24, 2.45) is 7.05 Å². The minimum atomic E-state index is -0.802. The summed E-state index contributed by atoms with van der Waals surface area (Å²) in [6.07, 6.45) is 0.906. The molecule has 0 radical (unpaired) electrons. The van der Waals surface area contributed by atoms with Crippen LogP contribution in [0.1, 0.15) is 0 Å². The SMILES string of the molecule is Cn1c(=O)[nH]c(=O)c2c(Cl)c([N+](=O)[O-])cnc21. The fourth-order valence-corrected chi connectivity index (χ4v) is 1.68. The first-order valence-corrected chi connectivity index (χ1v) is 4.73. The molecule has 88 valence electrons. The molecule has 0 amide bonds. The minimum absolute atomic E-state index is 0.00523. The number of hydrogen-bond donors (Lipinski definition) is 1. The topological polar surface area (TPSA) is 111 Å². The zero-order valence-electron chi connectivity index (χ0n) is 8.43. The Morgan fingerprint density at radius 2 is 2.18 bits per heavy atom. The van der Waals surface area contributed by atoms with Crippen molar-refractivity contribution in [1.82, 2.24) is 14.5 Å². The minimum Gasteiger partial charge on any atom is -0.281 e. The fourth-order valence-electron chi connectivity index (χ4n) is 1.39. The number of nitro groups is 1. The normalized spacial score (nSPS) is 10.7. The maximum Gasteiger partial charge on any atom is 0.329 e. The Labute approximate surface area is 97.6 Å². The maximum absolute atomic E-state index is 11.5. The first-order valence-electron chi connectivity index (χ1n) is 4.35. The summed E-state index contributed by atoms with van der Waals surface area (Å²) in [7, 11) is 1.37. The summed E-state index contributed by atoms with van der Waals surface area (Å²) in [5.41, 5.74) is -1.96. The lowest BCUT2D eigenvalue weighted by molar-refractivity contribution is -0.384. The Hall–Kier alpha value is -2.22. The van der Waals surface area contributed by atoms with Gasteiger partial charge in [0.2, 0.25) is 0 Å². The number of nitrogens with zero attached hydrogens (tertiary/aromatic N) is 3. The zero-order valence-corrected chi connectivity index (χ0v) is 9.19. The Kier molecular flexibility index (Phi) is 2.43. The summed E-state index contributed by atoms with van der Waals surface area (Å²) in [6.45, 7) is 0. The molecule has 0 aliphatic rings. The van der Waals surface area contributed by atoms with E-state index in [-0.39, 0.29) is 16.1 Å². The summed E-state index contributed by atoms with van der Waals surface area (Å²) in [4.78, 5) is 38.4. The molecule has 0 aliphatic heterocycles. The van der Waals surface area contributed by atoms with Crippen LogP contribution in [0.15, 0.2) is 15.8 Å². The molecule has 17 heavy (non-hydrogen) atoms. The molecule has 9 heteroatoms. The summed E-state index contributed by atoms with van der Waals surface area (Å²) >= 11 is 5.75. The van der Waals surface area contributed by atoms with E-state index in [1.807, 2.05) is 4.98 Å². The van der Waals surface area contributed by atoms with E-state index in [1.165, 1.54) is 7.05 Å². The number of pyridine rings is 1. The predicted octanol–water partition coefficient (Wildman–Crippen LogP) is 0.183. The van der Waals surface area contributed by atoms with Crippen LogP contribution < -0.4 is 11.2 Å². The zero-order chi connectivity index (χ0) is 12.7. The average molecular weight is 257 g/mol. The molecule has 2 rings (SSSR count). The number of aromatic nitrogens is 3. The van der Waals surface area contributed by atoms with Crippen molar-refractivity contribution < 1.29 is 4.92 Å². The van der Waals surface area contributed by atoms with Crippen molar-refractivity contribution in [2.45, 2.75) is 0 Å². The average Bonchev–Trinajstić information content (AvgIpc) is 2.25. The van der Waals surface area contributed by atoms with Gasteiger partial charge in [0.25, 0.3) is 5.56 Å². The van der Waals surface area contributed by atoms with E-state index >= 15 is 0 Å². The van der Waals surface area contributed by atoms with Crippen molar-refractivity contribution in [3.05, 3.63) is 42.2 Å². The molecule has 2 aromatic heterocycles. The van der Waals surface area contributed by atoms with E-state index in [0.29, 0.717) is 0 Å². The molecule has 2 heterocycles. The standard InChI is InChI=1S/C8H5ClN4O4/c1-12-6-4(7(14)11-8(12)15)5(9)3(2-10-6)13(16)17/h2H,1H3,(H,11,14,15). The number of H-pyrrole nitrogens is 1. The van der Waals surface area contributed by atoms with Gasteiger partial charge in [-0.1, -0.05) is 11.6 Å². The maximum atomic E-state index is 11.5. The highest BCUT2D eigenvalue weighted by Gasteiger charge is 2.20. The van der Waals surface area contributed by atoms with Crippen LogP contribution in [0.2, 0.25) is 5.02 Å². The highest BCUT2D eigenvalue weighted by atomic mass is 35.5. The highest BCUT2D eigenvalue weighted by Crippen LogP contribution is 2.27. The second kappa shape index (κ2) is 3.67. The van der Waals surface area contributed by atoms with Crippen LogP contribution in [-0.4, -0.2) is 19.5 Å². The third-order valence-electron chi connectivity index (χ3n) is 2.24. The van der Waals surface area contributed by atoms with Crippen LogP contribution in [0, 0.1) is 10.1 Å². The van der Waals surface area contributed by atoms with Crippen molar-refractivity contribution >= 4 is 28.3 Å². The third-order valence-corrected chi connectivity index (χ3v) is 2.63. The second-order valence-corrected chi connectivity index (χ2v) is 3.61. The number of nitrogens with one attached hydrogen (secondary N) is 1. The van der Waals surface area contributed by atoms with Gasteiger partial charge in [-0.3, -0.25) is 24.5 Å². The van der Waals surface area contributed by atoms with Crippen molar-refractivity contribution in [1.29, 1.82) is 0 Å². The van der Waals surface area contributed by atoms with E-state index < -0.39 is 21.9 Å². The van der Waals surface area contributed by atoms with Gasteiger partial charge in [-0.25, -0.2) is 9.78 Å². The smallest absolute Gasteiger partial charge is 0.281 e. The van der Waals surface area contributed by atoms with Gasteiger partial charge in [0.15, 0.2) is 5.65 Å². The number of fused-ring (bicyclic) bond motifs is 1. The Morgan fingerprint density at radius 3 is 2.76 bits per heavy atom. The van der Waals surface area contributed by atoms with Gasteiger partial charge in [0.1, 0.15) is 16.6 Å². The van der Waals surface area contributed by atoms with E-state index in [0.717, 1.165) is 10.8 Å². The van der Waals surface area contributed by atoms with Crippen molar-refractivity contribution in [3.8, 4) is 0 Å². The molecular weight excluding hydrogens is 252 g/mol. The van der Waals surface area contributed by atoms with Gasteiger partial charge in [0, 0.05) is 7.05 Å². The van der Waals surface area contributed by atoms with Crippen LogP contribution in [0.25, 0.3) is 11.0 Å². The lowest BCUT2D eigenvalue weighted by Crippen LogP contribution is -2.29. The van der Waals surface area contributed by atoms with Crippen LogP contribution in [0.5, 0.6) is 0 Å². The Morgan fingerprint density at radius 1 is 1.53 bits per heavy atom. The molecule has 2 aromatic rings. The van der Waals surface area contributed by atoms with Crippen LogP contribution in [0.3, 0.4) is 0 Å². The summed E-state index contributed by atoms with van der Waals surface area (Å²) in [6, 6.07) is 0. The van der Waals surface area contributed by atoms with Crippen molar-refractivity contribution in [3.63, 3.8) is 0 Å². The Bertz CT molecular complexity index is 747. The molecule has 0 unspecified atom stereocenters. The van der Waals surface area contributed by atoms with Crippen molar-refractivity contribution in [2.75, 3.05) is 0 Å².